The molecule has 1 heterocycles. The summed E-state index contributed by atoms with van der Waals surface area (Å²) < 4.78 is 23.4. The van der Waals surface area contributed by atoms with E-state index < -0.39 is 22.2 Å². The maximum atomic E-state index is 13.2. The summed E-state index contributed by atoms with van der Waals surface area (Å²) in [6.07, 6.45) is 1.06. The average Bonchev–Trinajstić information content (AvgIpc) is 3.09. The first-order valence-electron chi connectivity index (χ1n) is 7.35. The van der Waals surface area contributed by atoms with Crippen LogP contribution >= 0.6 is 11.6 Å². The Kier molecular flexibility index (Phi) is 4.92. The first kappa shape index (κ1) is 18.2. The molecule has 27 heavy (non-hydrogen) atoms. The van der Waals surface area contributed by atoms with E-state index in [4.69, 9.17) is 21.1 Å². The van der Waals surface area contributed by atoms with Crippen LogP contribution in [0.1, 0.15) is 5.56 Å². The van der Waals surface area contributed by atoms with E-state index in [1.54, 1.807) is 6.07 Å². The fourth-order valence-electron chi connectivity index (χ4n) is 2.30. The van der Waals surface area contributed by atoms with Crippen molar-refractivity contribution in [2.75, 3.05) is 12.1 Å². The zero-order chi connectivity index (χ0) is 19.6. The molecular weight excluding hydrogens is 381 g/mol. The lowest BCUT2D eigenvalue weighted by atomic mass is 10.1. The Balaban J connectivity index is 1.94. The number of benzene rings is 2. The number of ether oxygens (including phenoxy) is 2. The van der Waals surface area contributed by atoms with Gasteiger partial charge in [0.05, 0.1) is 21.6 Å². The maximum absolute atomic E-state index is 13.2. The van der Waals surface area contributed by atoms with Gasteiger partial charge in [0.1, 0.15) is 17.5 Å². The second kappa shape index (κ2) is 7.31. The van der Waals surface area contributed by atoms with Crippen molar-refractivity contribution < 1.29 is 23.6 Å². The molecule has 0 fully saturated rings. The van der Waals surface area contributed by atoms with Gasteiger partial charge in [-0.05, 0) is 30.3 Å². The Bertz CT molecular complexity index is 1030. The van der Waals surface area contributed by atoms with Gasteiger partial charge < -0.3 is 14.8 Å². The highest BCUT2D eigenvalue weighted by Crippen LogP contribution is 2.38. The largest absolute Gasteiger partial charge is 0.454 e. The average molecular weight is 390 g/mol. The molecule has 0 atom stereocenters. The first-order chi connectivity index (χ1) is 12.9. The number of rotatable bonds is 4. The lowest BCUT2D eigenvalue weighted by Gasteiger charge is -2.06. The molecule has 0 bridgehead atoms. The number of halogens is 2. The van der Waals surface area contributed by atoms with Crippen LogP contribution in [0.4, 0.5) is 15.8 Å². The van der Waals surface area contributed by atoms with Crippen LogP contribution in [-0.4, -0.2) is 17.6 Å². The number of fused-ring (bicyclic) bond motifs is 1. The molecule has 136 valence electrons. The van der Waals surface area contributed by atoms with Crippen molar-refractivity contribution in [3.8, 4) is 17.6 Å². The van der Waals surface area contributed by atoms with Gasteiger partial charge in [-0.25, -0.2) is 4.39 Å². The summed E-state index contributed by atoms with van der Waals surface area (Å²) in [5, 5.41) is 22.7. The number of amides is 1. The number of carbonyl (C=O) groups excluding carboxylic acids is 1. The third kappa shape index (κ3) is 3.80. The van der Waals surface area contributed by atoms with E-state index in [1.807, 2.05) is 0 Å². The molecule has 1 N–H and O–H groups in total. The quantitative estimate of drug-likeness (QED) is 0.369. The minimum Gasteiger partial charge on any atom is -0.454 e. The topological polar surface area (TPSA) is 114 Å². The molecule has 0 unspecified atom stereocenters. The lowest BCUT2D eigenvalue weighted by molar-refractivity contribution is -0.385. The van der Waals surface area contributed by atoms with E-state index in [2.05, 4.69) is 5.32 Å². The maximum Gasteiger partial charge on any atom is 0.280 e. The van der Waals surface area contributed by atoms with Crippen molar-refractivity contribution in [2.24, 2.45) is 0 Å². The summed E-state index contributed by atoms with van der Waals surface area (Å²) in [6.45, 7) is -0.0867. The van der Waals surface area contributed by atoms with Gasteiger partial charge >= 0.3 is 0 Å². The summed E-state index contributed by atoms with van der Waals surface area (Å²) in [7, 11) is 0. The predicted octanol–water partition coefficient (Wildman–Crippen LogP) is 3.66. The summed E-state index contributed by atoms with van der Waals surface area (Å²) in [5.41, 5.74) is -0.608. The zero-order valence-corrected chi connectivity index (χ0v) is 14.1. The van der Waals surface area contributed by atoms with Crippen LogP contribution in [0.3, 0.4) is 0 Å². The van der Waals surface area contributed by atoms with Crippen LogP contribution in [0.15, 0.2) is 35.9 Å². The zero-order valence-electron chi connectivity index (χ0n) is 13.4. The molecule has 0 aliphatic carbocycles. The fraction of sp³-hybridized carbons (Fsp3) is 0.0588. The molecule has 2 aromatic rings. The highest BCUT2D eigenvalue weighted by atomic mass is 35.5. The molecule has 3 rings (SSSR count). The van der Waals surface area contributed by atoms with E-state index in [1.165, 1.54) is 18.2 Å². The van der Waals surface area contributed by atoms with Gasteiger partial charge in [0, 0.05) is 5.69 Å². The van der Waals surface area contributed by atoms with Crippen LogP contribution in [0.5, 0.6) is 11.5 Å². The van der Waals surface area contributed by atoms with Crippen LogP contribution < -0.4 is 14.8 Å². The summed E-state index contributed by atoms with van der Waals surface area (Å²) >= 11 is 5.64. The molecule has 2 aromatic carbocycles. The number of nitro groups is 1. The number of nitriles is 1. The summed E-state index contributed by atoms with van der Waals surface area (Å²) in [6, 6.07) is 7.62. The van der Waals surface area contributed by atoms with Gasteiger partial charge in [-0.15, -0.1) is 0 Å². The van der Waals surface area contributed by atoms with Crippen molar-refractivity contribution >= 4 is 35.0 Å². The second-order valence-electron chi connectivity index (χ2n) is 5.27. The highest BCUT2D eigenvalue weighted by molar-refractivity contribution is 6.31. The Labute approximate surface area is 156 Å². The molecule has 1 aliphatic rings. The first-order valence-corrected chi connectivity index (χ1v) is 7.73. The number of carbonyl (C=O) groups is 1. The molecule has 8 nitrogen and oxygen atoms in total. The molecule has 0 saturated heterocycles. The molecule has 0 spiro atoms. The van der Waals surface area contributed by atoms with Crippen molar-refractivity contribution in [1.29, 1.82) is 5.26 Å². The monoisotopic (exact) mass is 389 g/mol. The Hall–Kier alpha value is -3.64. The van der Waals surface area contributed by atoms with E-state index in [9.17, 15) is 24.6 Å². The predicted molar refractivity (Wildman–Crippen MR) is 92.8 cm³/mol. The third-order valence-electron chi connectivity index (χ3n) is 3.56. The Morgan fingerprint density at radius 1 is 1.33 bits per heavy atom. The molecule has 0 saturated carbocycles. The summed E-state index contributed by atoms with van der Waals surface area (Å²) in [5.74, 6) is -1.05. The Morgan fingerprint density at radius 3 is 2.67 bits per heavy atom. The SMILES string of the molecule is N#CC(=Cc1cc2c(cc1[N+](=O)[O-])OCO2)C(=O)Nc1ccc(F)c(Cl)c1. The van der Waals surface area contributed by atoms with Gasteiger partial charge in [-0.3, -0.25) is 14.9 Å². The van der Waals surface area contributed by atoms with Gasteiger partial charge in [0.2, 0.25) is 6.79 Å². The second-order valence-corrected chi connectivity index (χ2v) is 5.68. The van der Waals surface area contributed by atoms with E-state index >= 15 is 0 Å². The highest BCUT2D eigenvalue weighted by Gasteiger charge is 2.23. The van der Waals surface area contributed by atoms with Crippen molar-refractivity contribution in [3.63, 3.8) is 0 Å². The van der Waals surface area contributed by atoms with Crippen molar-refractivity contribution in [1.82, 2.24) is 0 Å². The van der Waals surface area contributed by atoms with E-state index in [0.717, 1.165) is 18.2 Å². The number of nitro benzene ring substituents is 1. The number of hydrogen-bond acceptors (Lipinski definition) is 6. The number of nitrogens with one attached hydrogen (secondary N) is 1. The normalized spacial score (nSPS) is 12.4. The summed E-state index contributed by atoms with van der Waals surface area (Å²) in [4.78, 5) is 22.9. The molecule has 1 amide bonds. The van der Waals surface area contributed by atoms with E-state index in [0.29, 0.717) is 0 Å². The molecule has 0 aromatic heterocycles. The molecule has 0 radical (unpaired) electrons. The van der Waals surface area contributed by atoms with Crippen LogP contribution in [0, 0.1) is 27.3 Å². The van der Waals surface area contributed by atoms with E-state index in [-0.39, 0.29) is 40.3 Å². The molecule has 10 heteroatoms. The van der Waals surface area contributed by atoms with Gasteiger partial charge in [-0.1, -0.05) is 11.6 Å². The fourth-order valence-corrected chi connectivity index (χ4v) is 2.48. The number of nitrogens with zero attached hydrogens (tertiary/aromatic N) is 2. The molecule has 1 aliphatic heterocycles. The van der Waals surface area contributed by atoms with Gasteiger partial charge in [-0.2, -0.15) is 5.26 Å². The van der Waals surface area contributed by atoms with Crippen LogP contribution in [-0.2, 0) is 4.79 Å². The third-order valence-corrected chi connectivity index (χ3v) is 3.85. The van der Waals surface area contributed by atoms with Crippen molar-refractivity contribution in [3.05, 3.63) is 62.4 Å². The lowest BCUT2D eigenvalue weighted by Crippen LogP contribution is -2.13. The Morgan fingerprint density at radius 2 is 2.04 bits per heavy atom. The van der Waals surface area contributed by atoms with Crippen molar-refractivity contribution in [2.45, 2.75) is 0 Å². The standard InChI is InChI=1S/C17H9ClFN3O5/c18-12-5-11(1-2-13(12)19)21-17(23)10(7-20)3-9-4-15-16(27-8-26-15)6-14(9)22(24)25/h1-6H,8H2,(H,21,23). The van der Waals surface area contributed by atoms with Crippen LogP contribution in [0.25, 0.3) is 6.08 Å². The smallest absolute Gasteiger partial charge is 0.280 e. The number of anilines is 1. The minimum absolute atomic E-state index is 0.00640. The van der Waals surface area contributed by atoms with Crippen LogP contribution in [0.2, 0.25) is 5.02 Å². The molecular formula is C17H9ClFN3O5. The van der Waals surface area contributed by atoms with Gasteiger partial charge in [0.15, 0.2) is 11.5 Å². The number of hydrogen-bond donors (Lipinski definition) is 1. The minimum atomic E-state index is -0.841. The van der Waals surface area contributed by atoms with Gasteiger partial charge in [0.25, 0.3) is 11.6 Å².